The van der Waals surface area contributed by atoms with Crippen LogP contribution in [0.2, 0.25) is 0 Å². The van der Waals surface area contributed by atoms with Crippen LogP contribution in [-0.4, -0.2) is 4.98 Å². The standard InChI is InChI=1S/C23H22FNO2/c1-14-12-18(10-11-20(14)24)27-17-7-5-6-16(13-17)22-15(2)25-21-9-4-3-8-19(21)23(22)26/h5-7,10-13H,3-4,8-9H2,1-2H3,(H,25,26). The van der Waals surface area contributed by atoms with E-state index in [2.05, 4.69) is 4.98 Å². The van der Waals surface area contributed by atoms with Crippen molar-refractivity contribution in [3.05, 3.63) is 81.0 Å². The first-order chi connectivity index (χ1) is 13.0. The molecule has 1 aliphatic rings. The Morgan fingerprint density at radius 1 is 1.00 bits per heavy atom. The third-order valence-corrected chi connectivity index (χ3v) is 5.17. The summed E-state index contributed by atoms with van der Waals surface area (Å²) in [6.45, 7) is 3.65. The van der Waals surface area contributed by atoms with E-state index in [9.17, 15) is 9.18 Å². The summed E-state index contributed by atoms with van der Waals surface area (Å²) in [5.41, 5.74) is 5.08. The summed E-state index contributed by atoms with van der Waals surface area (Å²) in [4.78, 5) is 16.5. The second kappa shape index (κ2) is 7.03. The predicted molar refractivity (Wildman–Crippen MR) is 105 cm³/mol. The minimum atomic E-state index is -0.257. The number of pyridine rings is 1. The normalized spacial score (nSPS) is 13.3. The van der Waals surface area contributed by atoms with Gasteiger partial charge in [0, 0.05) is 22.5 Å². The van der Waals surface area contributed by atoms with Gasteiger partial charge in [-0.3, -0.25) is 4.79 Å². The molecule has 1 aromatic heterocycles. The predicted octanol–water partition coefficient (Wildman–Crippen LogP) is 5.47. The van der Waals surface area contributed by atoms with E-state index in [1.807, 2.05) is 31.2 Å². The van der Waals surface area contributed by atoms with Crippen molar-refractivity contribution >= 4 is 0 Å². The molecule has 3 aromatic rings. The maximum atomic E-state index is 13.5. The van der Waals surface area contributed by atoms with Gasteiger partial charge in [0.05, 0.1) is 0 Å². The fourth-order valence-electron chi connectivity index (χ4n) is 3.78. The molecule has 0 spiro atoms. The summed E-state index contributed by atoms with van der Waals surface area (Å²) < 4.78 is 19.3. The van der Waals surface area contributed by atoms with Crippen molar-refractivity contribution in [1.82, 2.24) is 4.98 Å². The minimum absolute atomic E-state index is 0.121. The van der Waals surface area contributed by atoms with E-state index in [1.54, 1.807) is 19.1 Å². The van der Waals surface area contributed by atoms with E-state index in [-0.39, 0.29) is 11.2 Å². The molecule has 4 rings (SSSR count). The average molecular weight is 363 g/mol. The molecule has 0 radical (unpaired) electrons. The number of rotatable bonds is 3. The molecule has 0 fully saturated rings. The molecular weight excluding hydrogens is 341 g/mol. The fraction of sp³-hybridized carbons (Fsp3) is 0.261. The number of nitrogens with one attached hydrogen (secondary N) is 1. The number of halogens is 1. The van der Waals surface area contributed by atoms with Gasteiger partial charge in [0.25, 0.3) is 0 Å². The highest BCUT2D eigenvalue weighted by Crippen LogP contribution is 2.29. The molecule has 0 atom stereocenters. The molecule has 0 amide bonds. The van der Waals surface area contributed by atoms with Crippen LogP contribution in [0.1, 0.15) is 35.4 Å². The number of hydrogen-bond acceptors (Lipinski definition) is 2. The monoisotopic (exact) mass is 363 g/mol. The second-order valence-electron chi connectivity index (χ2n) is 7.16. The van der Waals surface area contributed by atoms with Crippen LogP contribution >= 0.6 is 0 Å². The van der Waals surface area contributed by atoms with Crippen LogP contribution in [0.4, 0.5) is 4.39 Å². The van der Waals surface area contributed by atoms with Crippen molar-refractivity contribution in [2.45, 2.75) is 39.5 Å². The zero-order valence-corrected chi connectivity index (χ0v) is 15.6. The Labute approximate surface area is 157 Å². The lowest BCUT2D eigenvalue weighted by atomic mass is 9.91. The van der Waals surface area contributed by atoms with E-state index < -0.39 is 0 Å². The lowest BCUT2D eigenvalue weighted by Gasteiger charge is -2.18. The van der Waals surface area contributed by atoms with Crippen molar-refractivity contribution in [3.63, 3.8) is 0 Å². The van der Waals surface area contributed by atoms with Gasteiger partial charge >= 0.3 is 0 Å². The van der Waals surface area contributed by atoms with Gasteiger partial charge in [-0.05, 0) is 81.0 Å². The van der Waals surface area contributed by atoms with Gasteiger partial charge in [-0.15, -0.1) is 0 Å². The van der Waals surface area contributed by atoms with Crippen LogP contribution < -0.4 is 10.2 Å². The Kier molecular flexibility index (Phi) is 4.56. The number of benzene rings is 2. The first-order valence-electron chi connectivity index (χ1n) is 9.32. The van der Waals surface area contributed by atoms with Gasteiger partial charge < -0.3 is 9.72 Å². The summed E-state index contributed by atoms with van der Waals surface area (Å²) in [5, 5.41) is 0. The first-order valence-corrected chi connectivity index (χ1v) is 9.32. The quantitative estimate of drug-likeness (QED) is 0.670. The molecule has 1 aliphatic carbocycles. The van der Waals surface area contributed by atoms with Gasteiger partial charge in [-0.2, -0.15) is 0 Å². The molecular formula is C23H22FNO2. The number of fused-ring (bicyclic) bond motifs is 1. The Morgan fingerprint density at radius 3 is 2.59 bits per heavy atom. The zero-order valence-electron chi connectivity index (χ0n) is 15.6. The van der Waals surface area contributed by atoms with Gasteiger partial charge in [0.15, 0.2) is 5.43 Å². The third kappa shape index (κ3) is 3.39. The summed E-state index contributed by atoms with van der Waals surface area (Å²) in [5.74, 6) is 0.935. The Morgan fingerprint density at radius 2 is 1.78 bits per heavy atom. The molecule has 4 heteroatoms. The average Bonchev–Trinajstić information content (AvgIpc) is 2.65. The van der Waals surface area contributed by atoms with Crippen LogP contribution in [0.25, 0.3) is 11.1 Å². The van der Waals surface area contributed by atoms with Crippen molar-refractivity contribution in [2.75, 3.05) is 0 Å². The Hall–Kier alpha value is -2.88. The van der Waals surface area contributed by atoms with Crippen LogP contribution in [0, 0.1) is 19.7 Å². The topological polar surface area (TPSA) is 42.1 Å². The number of aromatic nitrogens is 1. The van der Waals surface area contributed by atoms with E-state index in [4.69, 9.17) is 4.74 Å². The molecule has 0 unspecified atom stereocenters. The maximum Gasteiger partial charge on any atom is 0.193 e. The molecule has 1 N–H and O–H groups in total. The Bertz CT molecular complexity index is 1070. The lowest BCUT2D eigenvalue weighted by Crippen LogP contribution is -2.21. The summed E-state index contributed by atoms with van der Waals surface area (Å²) in [6, 6.07) is 12.2. The van der Waals surface area contributed by atoms with Crippen molar-refractivity contribution < 1.29 is 9.13 Å². The molecule has 2 aromatic carbocycles. The van der Waals surface area contributed by atoms with E-state index in [0.717, 1.165) is 48.2 Å². The van der Waals surface area contributed by atoms with Gasteiger partial charge in [-0.1, -0.05) is 12.1 Å². The number of aryl methyl sites for hydroxylation is 3. The molecule has 3 nitrogen and oxygen atoms in total. The van der Waals surface area contributed by atoms with Gasteiger partial charge in [0.1, 0.15) is 17.3 Å². The van der Waals surface area contributed by atoms with E-state index >= 15 is 0 Å². The first kappa shape index (κ1) is 17.5. The van der Waals surface area contributed by atoms with Crippen LogP contribution in [-0.2, 0) is 12.8 Å². The summed E-state index contributed by atoms with van der Waals surface area (Å²) >= 11 is 0. The summed E-state index contributed by atoms with van der Waals surface area (Å²) in [7, 11) is 0. The van der Waals surface area contributed by atoms with E-state index in [1.165, 1.54) is 6.07 Å². The van der Waals surface area contributed by atoms with E-state index in [0.29, 0.717) is 22.6 Å². The number of H-pyrrole nitrogens is 1. The van der Waals surface area contributed by atoms with Crippen molar-refractivity contribution in [3.8, 4) is 22.6 Å². The Balaban J connectivity index is 1.73. The van der Waals surface area contributed by atoms with Gasteiger partial charge in [0.2, 0.25) is 0 Å². The van der Waals surface area contributed by atoms with Crippen LogP contribution in [0.15, 0.2) is 47.3 Å². The molecule has 0 bridgehead atoms. The summed E-state index contributed by atoms with van der Waals surface area (Å²) in [6.07, 6.45) is 3.97. The highest BCUT2D eigenvalue weighted by molar-refractivity contribution is 5.68. The van der Waals surface area contributed by atoms with Crippen molar-refractivity contribution in [2.24, 2.45) is 0 Å². The van der Waals surface area contributed by atoms with Crippen molar-refractivity contribution in [1.29, 1.82) is 0 Å². The molecule has 0 saturated heterocycles. The second-order valence-corrected chi connectivity index (χ2v) is 7.16. The number of hydrogen-bond donors (Lipinski definition) is 1. The maximum absolute atomic E-state index is 13.5. The highest BCUT2D eigenvalue weighted by Gasteiger charge is 2.19. The molecule has 1 heterocycles. The number of aromatic amines is 1. The molecule has 0 aliphatic heterocycles. The zero-order chi connectivity index (χ0) is 19.0. The molecule has 138 valence electrons. The smallest absolute Gasteiger partial charge is 0.193 e. The molecule has 27 heavy (non-hydrogen) atoms. The molecule has 0 saturated carbocycles. The highest BCUT2D eigenvalue weighted by atomic mass is 19.1. The SMILES string of the molecule is Cc1cc(Oc2cccc(-c3c(C)[nH]c4c(c3=O)CCCC4)c2)ccc1F. The third-order valence-electron chi connectivity index (χ3n) is 5.17. The largest absolute Gasteiger partial charge is 0.457 e. The lowest BCUT2D eigenvalue weighted by molar-refractivity contribution is 0.480. The number of ether oxygens (including phenoxy) is 1. The van der Waals surface area contributed by atoms with Crippen LogP contribution in [0.3, 0.4) is 0 Å². The minimum Gasteiger partial charge on any atom is -0.457 e. The van der Waals surface area contributed by atoms with Gasteiger partial charge in [-0.25, -0.2) is 4.39 Å². The van der Waals surface area contributed by atoms with Crippen LogP contribution in [0.5, 0.6) is 11.5 Å². The fourth-order valence-corrected chi connectivity index (χ4v) is 3.78.